The molecular weight excluding hydrogens is 277 g/mol. The molecule has 0 aromatic heterocycles. The Morgan fingerprint density at radius 3 is 2.38 bits per heavy atom. The second-order valence-electron chi connectivity index (χ2n) is 7.39. The molecule has 0 bridgehead atoms. The third-order valence-corrected chi connectivity index (χ3v) is 6.37. The average Bonchev–Trinajstić information content (AvgIpc) is 2.50. The van der Waals surface area contributed by atoms with E-state index in [4.69, 9.17) is 0 Å². The van der Waals surface area contributed by atoms with Gasteiger partial charge >= 0.3 is 0 Å². The molecule has 1 nitrogen and oxygen atoms in total. The standard InChI is InChI=1S/C17H25F3O/c18-15-9-14-12-5-3-10(2-1-7-21)8-11(12)4-6-13(14)16(19)17(15)20/h7,10-17H,1-6,8-9H2. The summed E-state index contributed by atoms with van der Waals surface area (Å²) in [5.74, 6) is 1.27. The Morgan fingerprint density at radius 1 is 0.857 bits per heavy atom. The van der Waals surface area contributed by atoms with E-state index in [0.29, 0.717) is 30.6 Å². The van der Waals surface area contributed by atoms with Gasteiger partial charge in [0.2, 0.25) is 0 Å². The van der Waals surface area contributed by atoms with Gasteiger partial charge in [0.15, 0.2) is 6.17 Å². The van der Waals surface area contributed by atoms with Crippen molar-refractivity contribution in [3.8, 4) is 0 Å². The largest absolute Gasteiger partial charge is 0.303 e. The summed E-state index contributed by atoms with van der Waals surface area (Å²) in [7, 11) is 0. The van der Waals surface area contributed by atoms with Gasteiger partial charge in [-0.05, 0) is 68.1 Å². The molecule has 3 aliphatic carbocycles. The molecule has 0 heterocycles. The van der Waals surface area contributed by atoms with Crippen LogP contribution < -0.4 is 0 Å². The van der Waals surface area contributed by atoms with E-state index in [9.17, 15) is 18.0 Å². The highest BCUT2D eigenvalue weighted by Gasteiger charge is 2.52. The number of alkyl halides is 3. The maximum Gasteiger partial charge on any atom is 0.162 e. The van der Waals surface area contributed by atoms with Gasteiger partial charge < -0.3 is 4.79 Å². The van der Waals surface area contributed by atoms with Gasteiger partial charge in [-0.1, -0.05) is 6.42 Å². The molecule has 0 aromatic rings. The zero-order chi connectivity index (χ0) is 15.0. The Kier molecular flexibility index (Phi) is 4.60. The summed E-state index contributed by atoms with van der Waals surface area (Å²) in [5, 5.41) is 0. The van der Waals surface area contributed by atoms with Crippen molar-refractivity contribution in [1.29, 1.82) is 0 Å². The van der Waals surface area contributed by atoms with E-state index in [2.05, 4.69) is 0 Å². The SMILES string of the molecule is O=CCCC1CCC2C(CCC3C(F)C(F)C(F)CC23)C1. The predicted molar refractivity (Wildman–Crippen MR) is 75.1 cm³/mol. The fraction of sp³-hybridized carbons (Fsp3) is 0.941. The lowest BCUT2D eigenvalue weighted by Crippen LogP contribution is -2.51. The second kappa shape index (κ2) is 6.29. The first-order chi connectivity index (χ1) is 10.1. The number of rotatable bonds is 3. The number of carbonyl (C=O) groups is 1. The van der Waals surface area contributed by atoms with Crippen LogP contribution in [0.4, 0.5) is 13.2 Å². The van der Waals surface area contributed by atoms with Crippen LogP contribution in [-0.4, -0.2) is 24.8 Å². The van der Waals surface area contributed by atoms with E-state index >= 15 is 0 Å². The molecule has 0 saturated heterocycles. The lowest BCUT2D eigenvalue weighted by Gasteiger charge is -2.51. The zero-order valence-electron chi connectivity index (χ0n) is 12.4. The van der Waals surface area contributed by atoms with Crippen molar-refractivity contribution in [1.82, 2.24) is 0 Å². The molecule has 0 aromatic carbocycles. The van der Waals surface area contributed by atoms with Crippen LogP contribution >= 0.6 is 0 Å². The number of halogens is 3. The molecule has 0 radical (unpaired) electrons. The minimum absolute atomic E-state index is 0.0350. The molecule has 0 spiro atoms. The summed E-state index contributed by atoms with van der Waals surface area (Å²) in [5.41, 5.74) is 0. The van der Waals surface area contributed by atoms with Gasteiger partial charge in [0.05, 0.1) is 0 Å². The van der Waals surface area contributed by atoms with Crippen LogP contribution in [0.1, 0.15) is 51.4 Å². The minimum atomic E-state index is -1.91. The molecule has 3 rings (SSSR count). The quantitative estimate of drug-likeness (QED) is 0.704. The normalized spacial score (nSPS) is 50.0. The molecule has 4 heteroatoms. The molecule has 21 heavy (non-hydrogen) atoms. The van der Waals surface area contributed by atoms with E-state index < -0.39 is 18.5 Å². The summed E-state index contributed by atoms with van der Waals surface area (Å²) in [4.78, 5) is 10.5. The van der Waals surface area contributed by atoms with Crippen molar-refractivity contribution in [3.05, 3.63) is 0 Å². The van der Waals surface area contributed by atoms with Gasteiger partial charge in [-0.3, -0.25) is 0 Å². The highest BCUT2D eigenvalue weighted by atomic mass is 19.2. The first-order valence-electron chi connectivity index (χ1n) is 8.47. The summed E-state index contributed by atoms with van der Waals surface area (Å²) in [6, 6.07) is 0. The molecule has 0 amide bonds. The summed E-state index contributed by atoms with van der Waals surface area (Å²) >= 11 is 0. The number of carbonyl (C=O) groups excluding carboxylic acids is 1. The molecule has 0 N–H and O–H groups in total. The minimum Gasteiger partial charge on any atom is -0.303 e. The number of hydrogen-bond donors (Lipinski definition) is 0. The smallest absolute Gasteiger partial charge is 0.162 e. The molecule has 8 unspecified atom stereocenters. The van der Waals surface area contributed by atoms with Crippen molar-refractivity contribution in [2.24, 2.45) is 29.6 Å². The zero-order valence-corrected chi connectivity index (χ0v) is 12.4. The highest BCUT2D eigenvalue weighted by molar-refractivity contribution is 5.49. The van der Waals surface area contributed by atoms with Crippen molar-refractivity contribution < 1.29 is 18.0 Å². The topological polar surface area (TPSA) is 17.1 Å². The fourth-order valence-electron chi connectivity index (χ4n) is 5.35. The number of hydrogen-bond acceptors (Lipinski definition) is 1. The van der Waals surface area contributed by atoms with E-state index in [1.165, 1.54) is 0 Å². The van der Waals surface area contributed by atoms with Gasteiger partial charge in [0, 0.05) is 6.42 Å². The van der Waals surface area contributed by atoms with Crippen LogP contribution in [-0.2, 0) is 4.79 Å². The summed E-state index contributed by atoms with van der Waals surface area (Å²) in [6.45, 7) is 0. The number of aldehydes is 1. The van der Waals surface area contributed by atoms with Gasteiger partial charge in [0.1, 0.15) is 18.6 Å². The van der Waals surface area contributed by atoms with E-state index in [1.807, 2.05) is 0 Å². The highest BCUT2D eigenvalue weighted by Crippen LogP contribution is 2.54. The summed E-state index contributed by atoms with van der Waals surface area (Å²) in [6.07, 6.45) is 2.45. The Morgan fingerprint density at radius 2 is 1.62 bits per heavy atom. The molecule has 3 fully saturated rings. The third kappa shape index (κ3) is 2.87. The average molecular weight is 302 g/mol. The molecular formula is C17H25F3O. The molecule has 120 valence electrons. The Hall–Kier alpha value is -0.540. The van der Waals surface area contributed by atoms with Gasteiger partial charge in [-0.25, -0.2) is 13.2 Å². The maximum absolute atomic E-state index is 14.1. The predicted octanol–water partition coefficient (Wildman–Crippen LogP) is 4.44. The van der Waals surface area contributed by atoms with Crippen molar-refractivity contribution in [3.63, 3.8) is 0 Å². The first-order valence-corrected chi connectivity index (χ1v) is 8.47. The van der Waals surface area contributed by atoms with Crippen LogP contribution in [0.3, 0.4) is 0 Å². The first kappa shape index (κ1) is 15.4. The van der Waals surface area contributed by atoms with Gasteiger partial charge in [-0.15, -0.1) is 0 Å². The van der Waals surface area contributed by atoms with Crippen LogP contribution in [0.15, 0.2) is 0 Å². The Labute approximate surface area is 124 Å². The lowest BCUT2D eigenvalue weighted by molar-refractivity contribution is -0.108. The van der Waals surface area contributed by atoms with E-state index in [-0.39, 0.29) is 18.3 Å². The third-order valence-electron chi connectivity index (χ3n) is 6.37. The fourth-order valence-corrected chi connectivity index (χ4v) is 5.35. The molecule has 3 saturated carbocycles. The van der Waals surface area contributed by atoms with Crippen molar-refractivity contribution >= 4 is 6.29 Å². The van der Waals surface area contributed by atoms with Crippen LogP contribution in [0.2, 0.25) is 0 Å². The monoisotopic (exact) mass is 302 g/mol. The number of fused-ring (bicyclic) bond motifs is 3. The van der Waals surface area contributed by atoms with Crippen LogP contribution in [0.25, 0.3) is 0 Å². The molecule has 0 aliphatic heterocycles. The van der Waals surface area contributed by atoms with Crippen LogP contribution in [0, 0.1) is 29.6 Å². The summed E-state index contributed by atoms with van der Waals surface area (Å²) < 4.78 is 41.4. The second-order valence-corrected chi connectivity index (χ2v) is 7.39. The van der Waals surface area contributed by atoms with Crippen LogP contribution in [0.5, 0.6) is 0 Å². The molecule has 3 aliphatic rings. The van der Waals surface area contributed by atoms with Crippen molar-refractivity contribution in [2.45, 2.75) is 69.9 Å². The Bertz CT molecular complexity index is 375. The van der Waals surface area contributed by atoms with Gasteiger partial charge in [-0.2, -0.15) is 0 Å². The van der Waals surface area contributed by atoms with Crippen molar-refractivity contribution in [2.75, 3.05) is 0 Å². The van der Waals surface area contributed by atoms with E-state index in [0.717, 1.165) is 38.4 Å². The maximum atomic E-state index is 14.1. The lowest BCUT2D eigenvalue weighted by atomic mass is 9.55. The van der Waals surface area contributed by atoms with Gasteiger partial charge in [0.25, 0.3) is 0 Å². The Balaban J connectivity index is 1.66. The molecule has 8 atom stereocenters. The van der Waals surface area contributed by atoms with E-state index in [1.54, 1.807) is 0 Å².